The van der Waals surface area contributed by atoms with Crippen molar-refractivity contribution < 1.29 is 0 Å². The van der Waals surface area contributed by atoms with Crippen molar-refractivity contribution in [3.63, 3.8) is 0 Å². The molecule has 1 saturated heterocycles. The van der Waals surface area contributed by atoms with Crippen molar-refractivity contribution in [2.75, 3.05) is 18.0 Å². The predicted molar refractivity (Wildman–Crippen MR) is 71.5 cm³/mol. The Hall–Kier alpha value is -1.51. The smallest absolute Gasteiger partial charge is 0.0943 e. The van der Waals surface area contributed by atoms with E-state index in [-0.39, 0.29) is 0 Å². The van der Waals surface area contributed by atoms with Gasteiger partial charge in [0.25, 0.3) is 0 Å². The van der Waals surface area contributed by atoms with Crippen LogP contribution >= 0.6 is 0 Å². The summed E-state index contributed by atoms with van der Waals surface area (Å²) in [4.78, 5) is 2.51. The van der Waals surface area contributed by atoms with Crippen molar-refractivity contribution in [2.24, 2.45) is 7.05 Å². The summed E-state index contributed by atoms with van der Waals surface area (Å²) < 4.78 is 1.89. The number of piperidine rings is 1. The van der Waals surface area contributed by atoms with Crippen LogP contribution in [0.5, 0.6) is 0 Å². The van der Waals surface area contributed by atoms with Crippen molar-refractivity contribution in [1.29, 1.82) is 0 Å². The van der Waals surface area contributed by atoms with E-state index in [0.29, 0.717) is 0 Å². The average molecular weight is 229 g/mol. The lowest BCUT2D eigenvalue weighted by atomic mass is 10.1. The third kappa shape index (κ3) is 1.90. The maximum Gasteiger partial charge on any atom is 0.0943 e. The van der Waals surface area contributed by atoms with Gasteiger partial charge in [-0.2, -0.15) is 5.10 Å². The maximum absolute atomic E-state index is 4.50. The normalized spacial score (nSPS) is 16.7. The monoisotopic (exact) mass is 229 g/mol. The molecule has 0 aliphatic carbocycles. The fraction of sp³-hybridized carbons (Fsp3) is 0.500. The lowest BCUT2D eigenvalue weighted by Crippen LogP contribution is -2.29. The SMILES string of the molecule is Cc1cc2cn(C)nc2cc1N1CCCCC1. The van der Waals surface area contributed by atoms with Gasteiger partial charge in [0, 0.05) is 37.4 Å². The Balaban J connectivity index is 2.05. The molecule has 1 aliphatic rings. The number of hydrogen-bond acceptors (Lipinski definition) is 2. The molecule has 2 aromatic rings. The minimum absolute atomic E-state index is 1.11. The molecule has 3 rings (SSSR count). The second-order valence-electron chi connectivity index (χ2n) is 5.05. The van der Waals surface area contributed by atoms with E-state index in [2.05, 4.69) is 35.3 Å². The topological polar surface area (TPSA) is 21.1 Å². The number of nitrogens with zero attached hydrogens (tertiary/aromatic N) is 3. The Morgan fingerprint density at radius 2 is 1.88 bits per heavy atom. The van der Waals surface area contributed by atoms with Gasteiger partial charge in [0.1, 0.15) is 0 Å². The zero-order valence-corrected chi connectivity index (χ0v) is 10.6. The first-order valence-electron chi connectivity index (χ1n) is 6.43. The largest absolute Gasteiger partial charge is 0.371 e. The van der Waals surface area contributed by atoms with Gasteiger partial charge in [-0.3, -0.25) is 4.68 Å². The molecule has 1 fully saturated rings. The van der Waals surface area contributed by atoms with Crippen LogP contribution in [0.25, 0.3) is 10.9 Å². The maximum atomic E-state index is 4.50. The number of rotatable bonds is 1. The molecule has 0 spiro atoms. The summed E-state index contributed by atoms with van der Waals surface area (Å²) in [6.45, 7) is 4.59. The number of hydrogen-bond donors (Lipinski definition) is 0. The molecule has 1 aromatic carbocycles. The molecule has 3 heteroatoms. The molecule has 1 aliphatic heterocycles. The molecule has 0 bridgehead atoms. The molecular weight excluding hydrogens is 210 g/mol. The fourth-order valence-electron chi connectivity index (χ4n) is 2.77. The Morgan fingerprint density at radius 3 is 2.65 bits per heavy atom. The van der Waals surface area contributed by atoms with Crippen LogP contribution in [-0.2, 0) is 7.05 Å². The van der Waals surface area contributed by atoms with Gasteiger partial charge >= 0.3 is 0 Å². The van der Waals surface area contributed by atoms with Gasteiger partial charge < -0.3 is 4.90 Å². The van der Waals surface area contributed by atoms with E-state index in [1.807, 2.05) is 11.7 Å². The highest BCUT2D eigenvalue weighted by atomic mass is 15.2. The average Bonchev–Trinajstić information content (AvgIpc) is 2.68. The first-order valence-corrected chi connectivity index (χ1v) is 6.43. The second kappa shape index (κ2) is 4.06. The predicted octanol–water partition coefficient (Wildman–Crippen LogP) is 2.87. The first-order chi connectivity index (χ1) is 8.24. The van der Waals surface area contributed by atoms with Crippen molar-refractivity contribution in [3.05, 3.63) is 23.9 Å². The summed E-state index contributed by atoms with van der Waals surface area (Å²) in [6, 6.07) is 4.50. The van der Waals surface area contributed by atoms with Gasteiger partial charge in [-0.1, -0.05) is 0 Å². The molecule has 0 atom stereocenters. The highest BCUT2D eigenvalue weighted by molar-refractivity contribution is 5.84. The molecule has 0 unspecified atom stereocenters. The van der Waals surface area contributed by atoms with Gasteiger partial charge in [-0.25, -0.2) is 0 Å². The fourth-order valence-corrected chi connectivity index (χ4v) is 2.77. The van der Waals surface area contributed by atoms with Crippen LogP contribution in [0.4, 0.5) is 5.69 Å². The molecule has 0 amide bonds. The van der Waals surface area contributed by atoms with Crippen LogP contribution in [0.1, 0.15) is 24.8 Å². The Morgan fingerprint density at radius 1 is 1.12 bits per heavy atom. The van der Waals surface area contributed by atoms with Crippen molar-refractivity contribution in [2.45, 2.75) is 26.2 Å². The third-order valence-electron chi connectivity index (χ3n) is 3.63. The van der Waals surface area contributed by atoms with Gasteiger partial charge in [0.15, 0.2) is 0 Å². The number of aryl methyl sites for hydroxylation is 2. The lowest BCUT2D eigenvalue weighted by Gasteiger charge is -2.30. The zero-order valence-electron chi connectivity index (χ0n) is 10.6. The summed E-state index contributed by atoms with van der Waals surface area (Å²) >= 11 is 0. The minimum Gasteiger partial charge on any atom is -0.371 e. The minimum atomic E-state index is 1.11. The third-order valence-corrected chi connectivity index (χ3v) is 3.63. The Labute approximate surface area is 102 Å². The first kappa shape index (κ1) is 10.6. The molecule has 90 valence electrons. The van der Waals surface area contributed by atoms with Gasteiger partial charge in [0.05, 0.1) is 5.52 Å². The molecule has 17 heavy (non-hydrogen) atoms. The zero-order chi connectivity index (χ0) is 11.8. The van der Waals surface area contributed by atoms with Crippen LogP contribution in [0.15, 0.2) is 18.3 Å². The van der Waals surface area contributed by atoms with E-state index in [9.17, 15) is 0 Å². The Kier molecular flexibility index (Phi) is 2.54. The molecule has 2 heterocycles. The summed E-state index contributed by atoms with van der Waals surface area (Å²) in [5.74, 6) is 0. The summed E-state index contributed by atoms with van der Waals surface area (Å²) in [5, 5.41) is 5.74. The van der Waals surface area contributed by atoms with Gasteiger partial charge in [-0.15, -0.1) is 0 Å². The number of fused-ring (bicyclic) bond motifs is 1. The molecular formula is C14H19N3. The quantitative estimate of drug-likeness (QED) is 0.749. The van der Waals surface area contributed by atoms with E-state index >= 15 is 0 Å². The van der Waals surface area contributed by atoms with Crippen molar-refractivity contribution in [1.82, 2.24) is 9.78 Å². The highest BCUT2D eigenvalue weighted by Crippen LogP contribution is 2.28. The molecule has 0 N–H and O–H groups in total. The molecule has 3 nitrogen and oxygen atoms in total. The lowest BCUT2D eigenvalue weighted by molar-refractivity contribution is 0.577. The van der Waals surface area contributed by atoms with Crippen LogP contribution in [0, 0.1) is 6.92 Å². The highest BCUT2D eigenvalue weighted by Gasteiger charge is 2.14. The van der Waals surface area contributed by atoms with E-state index in [4.69, 9.17) is 0 Å². The van der Waals surface area contributed by atoms with E-state index in [1.165, 1.54) is 49.0 Å². The van der Waals surface area contributed by atoms with E-state index in [0.717, 1.165) is 5.52 Å². The summed E-state index contributed by atoms with van der Waals surface area (Å²) in [6.07, 6.45) is 6.10. The molecule has 0 radical (unpaired) electrons. The standard InChI is InChI=1S/C14H19N3/c1-11-8-12-10-16(2)15-13(12)9-14(11)17-6-4-3-5-7-17/h8-10H,3-7H2,1-2H3. The number of benzene rings is 1. The summed E-state index contributed by atoms with van der Waals surface area (Å²) in [5.41, 5.74) is 3.85. The number of aromatic nitrogens is 2. The number of anilines is 1. The van der Waals surface area contributed by atoms with Crippen LogP contribution in [-0.4, -0.2) is 22.9 Å². The van der Waals surface area contributed by atoms with Crippen LogP contribution in [0.2, 0.25) is 0 Å². The van der Waals surface area contributed by atoms with Gasteiger partial charge in [-0.05, 0) is 43.9 Å². The van der Waals surface area contributed by atoms with E-state index < -0.39 is 0 Å². The van der Waals surface area contributed by atoms with E-state index in [1.54, 1.807) is 0 Å². The van der Waals surface area contributed by atoms with Crippen molar-refractivity contribution >= 4 is 16.6 Å². The van der Waals surface area contributed by atoms with Crippen LogP contribution < -0.4 is 4.90 Å². The second-order valence-corrected chi connectivity index (χ2v) is 5.05. The van der Waals surface area contributed by atoms with Crippen molar-refractivity contribution in [3.8, 4) is 0 Å². The van der Waals surface area contributed by atoms with Crippen LogP contribution in [0.3, 0.4) is 0 Å². The Bertz CT molecular complexity index is 536. The molecule has 0 saturated carbocycles. The van der Waals surface area contributed by atoms with Gasteiger partial charge in [0.2, 0.25) is 0 Å². The summed E-state index contributed by atoms with van der Waals surface area (Å²) in [7, 11) is 1.98. The molecule has 1 aromatic heterocycles.